The molecule has 5 rings (SSSR count). The molecule has 12 heteroatoms. The first-order valence-electron chi connectivity index (χ1n) is 15.1. The molecule has 1 aromatic heterocycles. The number of carbonyl (C=O) groups is 3. The van der Waals surface area contributed by atoms with E-state index in [0.29, 0.717) is 44.9 Å². The van der Waals surface area contributed by atoms with Crippen LogP contribution in [0.5, 0.6) is 17.2 Å². The zero-order valence-corrected chi connectivity index (χ0v) is 28.8. The fourth-order valence-corrected chi connectivity index (χ4v) is 6.38. The molecule has 0 aliphatic heterocycles. The van der Waals surface area contributed by atoms with Gasteiger partial charge in [-0.15, -0.1) is 23.1 Å². The Morgan fingerprint density at radius 2 is 1.53 bits per heavy atom. The molecular weight excluding hydrogens is 661 g/mol. The number of thiazole rings is 1. The van der Waals surface area contributed by atoms with Gasteiger partial charge in [0.05, 0.1) is 32.3 Å². The fraction of sp³-hybridized carbons (Fsp3) is 0.135. The van der Waals surface area contributed by atoms with E-state index < -0.39 is 17.1 Å². The van der Waals surface area contributed by atoms with Crippen LogP contribution in [0.25, 0.3) is 17.3 Å². The third-order valence-electron chi connectivity index (χ3n) is 7.15. The lowest BCUT2D eigenvalue weighted by Crippen LogP contribution is -2.30. The van der Waals surface area contributed by atoms with Crippen molar-refractivity contribution >= 4 is 57.7 Å². The smallest absolute Gasteiger partial charge is 0.272 e. The highest BCUT2D eigenvalue weighted by Crippen LogP contribution is 2.34. The van der Waals surface area contributed by atoms with Gasteiger partial charge in [0.1, 0.15) is 11.4 Å². The Hall–Kier alpha value is -5.59. The Kier molecular flexibility index (Phi) is 11.7. The molecule has 1 heterocycles. The van der Waals surface area contributed by atoms with Crippen LogP contribution in [-0.4, -0.2) is 49.3 Å². The number of amides is 3. The number of nitrogens with one attached hydrogen (secondary N) is 3. The van der Waals surface area contributed by atoms with Crippen LogP contribution in [0.4, 0.5) is 10.8 Å². The van der Waals surface area contributed by atoms with Crippen molar-refractivity contribution in [3.8, 4) is 28.5 Å². The quantitative estimate of drug-likeness (QED) is 0.0862. The highest BCUT2D eigenvalue weighted by molar-refractivity contribution is 8.00. The zero-order chi connectivity index (χ0) is 34.8. The number of hydrogen-bond donors (Lipinski definition) is 3. The summed E-state index contributed by atoms with van der Waals surface area (Å²) in [6, 6.07) is 28.5. The minimum absolute atomic E-state index is 0.0119. The van der Waals surface area contributed by atoms with Gasteiger partial charge in [-0.1, -0.05) is 48.5 Å². The van der Waals surface area contributed by atoms with E-state index in [1.165, 1.54) is 43.4 Å². The largest absolute Gasteiger partial charge is 0.496 e. The van der Waals surface area contributed by atoms with Crippen LogP contribution in [0.15, 0.2) is 113 Å². The SMILES string of the molecule is COc1ccccc1-c1csc(NC(=O)C(C)Sc2cccc(NC(=O)/C(=C\c3cccc(OC)c3OC)NC(=O)c3ccccc3)c2)n1. The van der Waals surface area contributed by atoms with Gasteiger partial charge in [0.25, 0.3) is 11.8 Å². The van der Waals surface area contributed by atoms with Gasteiger partial charge in [-0.3, -0.25) is 14.4 Å². The summed E-state index contributed by atoms with van der Waals surface area (Å²) in [6.07, 6.45) is 1.53. The molecule has 1 unspecified atom stereocenters. The van der Waals surface area contributed by atoms with Gasteiger partial charge in [0, 0.05) is 32.7 Å². The minimum Gasteiger partial charge on any atom is -0.496 e. The lowest BCUT2D eigenvalue weighted by atomic mass is 10.1. The highest BCUT2D eigenvalue weighted by Gasteiger charge is 2.20. The number of carbonyl (C=O) groups excluding carboxylic acids is 3. The van der Waals surface area contributed by atoms with Crippen LogP contribution in [0.3, 0.4) is 0 Å². The maximum atomic E-state index is 13.7. The highest BCUT2D eigenvalue weighted by atomic mass is 32.2. The standard InChI is InChI=1S/C37H34N4O6S2/c1-23(34(42)41-37-40-30(22-48-37)28-17-8-9-18-31(28)45-2)49-27-16-11-15-26(21-27)38-36(44)29(39-35(43)24-12-6-5-7-13-24)20-25-14-10-19-32(46-3)33(25)47-4/h5-23H,1-4H3,(H,38,44)(H,39,43)(H,40,41,42)/b29-20+. The lowest BCUT2D eigenvalue weighted by Gasteiger charge is -2.15. The molecule has 3 N–H and O–H groups in total. The van der Waals surface area contributed by atoms with Crippen LogP contribution in [0.1, 0.15) is 22.8 Å². The Morgan fingerprint density at radius 1 is 0.816 bits per heavy atom. The van der Waals surface area contributed by atoms with Gasteiger partial charge in [-0.05, 0) is 61.5 Å². The molecule has 0 spiro atoms. The summed E-state index contributed by atoms with van der Waals surface area (Å²) in [4.78, 5) is 45.2. The lowest BCUT2D eigenvalue weighted by molar-refractivity contribution is -0.115. The molecule has 0 radical (unpaired) electrons. The maximum absolute atomic E-state index is 13.7. The van der Waals surface area contributed by atoms with Gasteiger partial charge in [0.2, 0.25) is 5.91 Å². The molecule has 1 atom stereocenters. The minimum atomic E-state index is -0.559. The molecule has 10 nitrogen and oxygen atoms in total. The van der Waals surface area contributed by atoms with Crippen LogP contribution in [-0.2, 0) is 9.59 Å². The normalized spacial score (nSPS) is 11.6. The van der Waals surface area contributed by atoms with Gasteiger partial charge < -0.3 is 30.2 Å². The number of nitrogens with zero attached hydrogens (tertiary/aromatic N) is 1. The summed E-state index contributed by atoms with van der Waals surface area (Å²) in [5, 5.41) is 10.4. The van der Waals surface area contributed by atoms with Crippen LogP contribution >= 0.6 is 23.1 Å². The first-order valence-corrected chi connectivity index (χ1v) is 16.8. The first-order chi connectivity index (χ1) is 23.8. The second-order valence-electron chi connectivity index (χ2n) is 10.4. The number of para-hydroxylation sites is 2. The van der Waals surface area contributed by atoms with E-state index in [2.05, 4.69) is 20.9 Å². The summed E-state index contributed by atoms with van der Waals surface area (Å²) in [5.74, 6) is 0.341. The van der Waals surface area contributed by atoms with Gasteiger partial charge >= 0.3 is 0 Å². The van der Waals surface area contributed by atoms with Crippen molar-refractivity contribution in [2.75, 3.05) is 32.0 Å². The second-order valence-corrected chi connectivity index (χ2v) is 12.7. The summed E-state index contributed by atoms with van der Waals surface area (Å²) < 4.78 is 16.4. The number of rotatable bonds is 13. The van der Waals surface area contributed by atoms with Crippen LogP contribution in [0.2, 0.25) is 0 Å². The van der Waals surface area contributed by atoms with E-state index in [-0.39, 0.29) is 11.6 Å². The van der Waals surface area contributed by atoms with E-state index in [0.717, 1.165) is 10.5 Å². The fourth-order valence-electron chi connectivity index (χ4n) is 4.74. The summed E-state index contributed by atoms with van der Waals surface area (Å²) >= 11 is 2.66. The molecular formula is C37H34N4O6S2. The zero-order valence-electron chi connectivity index (χ0n) is 27.2. The number of anilines is 2. The van der Waals surface area contributed by atoms with E-state index >= 15 is 0 Å². The van der Waals surface area contributed by atoms with Crippen molar-refractivity contribution in [3.63, 3.8) is 0 Å². The van der Waals surface area contributed by atoms with Gasteiger partial charge in [0.15, 0.2) is 16.6 Å². The molecule has 250 valence electrons. The number of methoxy groups -OCH3 is 3. The molecule has 0 fully saturated rings. The van der Waals surface area contributed by atoms with Crippen LogP contribution in [0, 0.1) is 0 Å². The van der Waals surface area contributed by atoms with Gasteiger partial charge in [-0.2, -0.15) is 0 Å². The summed E-state index contributed by atoms with van der Waals surface area (Å²) in [7, 11) is 4.62. The Morgan fingerprint density at radius 3 is 2.29 bits per heavy atom. The number of hydrogen-bond acceptors (Lipinski definition) is 9. The molecule has 49 heavy (non-hydrogen) atoms. The van der Waals surface area contributed by atoms with Crippen molar-refractivity contribution in [3.05, 3.63) is 119 Å². The van der Waals surface area contributed by atoms with E-state index in [4.69, 9.17) is 14.2 Å². The van der Waals surface area contributed by atoms with Crippen molar-refractivity contribution in [1.82, 2.24) is 10.3 Å². The first kappa shape index (κ1) is 34.7. The number of aromatic nitrogens is 1. The monoisotopic (exact) mass is 694 g/mol. The predicted octanol–water partition coefficient (Wildman–Crippen LogP) is 7.36. The molecule has 0 bridgehead atoms. The topological polar surface area (TPSA) is 128 Å². The van der Waals surface area contributed by atoms with E-state index in [1.807, 2.05) is 35.7 Å². The van der Waals surface area contributed by atoms with Crippen LogP contribution < -0.4 is 30.2 Å². The Balaban J connectivity index is 1.30. The molecule has 0 saturated carbocycles. The molecule has 5 aromatic rings. The van der Waals surface area contributed by atoms with E-state index in [1.54, 1.807) is 80.8 Å². The van der Waals surface area contributed by atoms with Crippen molar-refractivity contribution in [1.29, 1.82) is 0 Å². The number of ether oxygens (including phenoxy) is 3. The number of benzene rings is 4. The molecule has 4 aromatic carbocycles. The maximum Gasteiger partial charge on any atom is 0.272 e. The average Bonchev–Trinajstić information content (AvgIpc) is 3.59. The Bertz CT molecular complexity index is 1980. The summed E-state index contributed by atoms with van der Waals surface area (Å²) in [6.45, 7) is 1.79. The molecule has 0 saturated heterocycles. The second kappa shape index (κ2) is 16.5. The van der Waals surface area contributed by atoms with Gasteiger partial charge in [-0.25, -0.2) is 4.98 Å². The van der Waals surface area contributed by atoms with Crippen molar-refractivity contribution < 1.29 is 28.6 Å². The third-order valence-corrected chi connectivity index (χ3v) is 9.00. The van der Waals surface area contributed by atoms with Crippen molar-refractivity contribution in [2.24, 2.45) is 0 Å². The molecule has 0 aliphatic carbocycles. The summed E-state index contributed by atoms with van der Waals surface area (Å²) in [5.41, 5.74) is 2.92. The molecule has 0 aliphatic rings. The Labute approximate surface area is 292 Å². The molecule has 3 amide bonds. The average molecular weight is 695 g/mol. The van der Waals surface area contributed by atoms with Crippen molar-refractivity contribution in [2.45, 2.75) is 17.1 Å². The predicted molar refractivity (Wildman–Crippen MR) is 195 cm³/mol. The number of thioether (sulfide) groups is 1. The van der Waals surface area contributed by atoms with E-state index in [9.17, 15) is 14.4 Å². The third kappa shape index (κ3) is 8.86.